The Balaban J connectivity index is 2.10. The van der Waals surface area contributed by atoms with Crippen LogP contribution in [-0.4, -0.2) is 15.0 Å². The summed E-state index contributed by atoms with van der Waals surface area (Å²) in [4.78, 5) is 20.4. The molecule has 1 N–H and O–H groups in total. The Morgan fingerprint density at radius 2 is 1.64 bits per heavy atom. The standard InChI is InChI=1S/C16H10N4O5/c21-15-8-5-10-3-1-2-4-12(10)16(15)18-17-13-7-6-11(19(22)23)9-14(13)20(24)25/h1-9,21H/b18-17+. The minimum Gasteiger partial charge on any atom is -0.506 e. The smallest absolute Gasteiger partial charge is 0.303 e. The lowest BCUT2D eigenvalue weighted by Crippen LogP contribution is -1.92. The van der Waals surface area contributed by atoms with Crippen LogP contribution >= 0.6 is 0 Å². The van der Waals surface area contributed by atoms with Crippen LogP contribution in [0, 0.1) is 20.2 Å². The van der Waals surface area contributed by atoms with Gasteiger partial charge in [0.05, 0.1) is 15.9 Å². The van der Waals surface area contributed by atoms with Gasteiger partial charge in [-0.2, -0.15) is 0 Å². The summed E-state index contributed by atoms with van der Waals surface area (Å²) < 4.78 is 0. The summed E-state index contributed by atoms with van der Waals surface area (Å²) in [5.41, 5.74) is -0.954. The number of rotatable bonds is 4. The molecule has 0 spiro atoms. The number of non-ortho nitro benzene ring substituents is 1. The SMILES string of the molecule is O=[N+]([O-])c1ccc(/N=N/c2c(O)ccc3ccccc23)c([N+](=O)[O-])c1. The first-order valence-corrected chi connectivity index (χ1v) is 7.02. The molecule has 0 unspecified atom stereocenters. The molecule has 0 radical (unpaired) electrons. The van der Waals surface area contributed by atoms with Crippen molar-refractivity contribution in [1.82, 2.24) is 0 Å². The maximum atomic E-state index is 11.1. The molecule has 0 bridgehead atoms. The zero-order valence-electron chi connectivity index (χ0n) is 12.6. The Morgan fingerprint density at radius 3 is 2.36 bits per heavy atom. The number of benzene rings is 3. The molecule has 25 heavy (non-hydrogen) atoms. The molecule has 0 saturated carbocycles. The van der Waals surface area contributed by atoms with Gasteiger partial charge in [-0.05, 0) is 17.5 Å². The molecular weight excluding hydrogens is 328 g/mol. The van der Waals surface area contributed by atoms with Crippen molar-refractivity contribution >= 4 is 33.5 Å². The quantitative estimate of drug-likeness (QED) is 0.415. The highest BCUT2D eigenvalue weighted by atomic mass is 16.6. The molecule has 0 amide bonds. The van der Waals surface area contributed by atoms with Gasteiger partial charge in [0.25, 0.3) is 5.69 Å². The number of phenols is 1. The van der Waals surface area contributed by atoms with E-state index >= 15 is 0 Å². The fraction of sp³-hybridized carbons (Fsp3) is 0. The first-order chi connectivity index (χ1) is 12.0. The van der Waals surface area contributed by atoms with Gasteiger partial charge in [0.15, 0.2) is 5.69 Å². The van der Waals surface area contributed by atoms with Gasteiger partial charge in [-0.1, -0.05) is 30.3 Å². The third kappa shape index (κ3) is 3.11. The lowest BCUT2D eigenvalue weighted by atomic mass is 10.1. The lowest BCUT2D eigenvalue weighted by Gasteiger charge is -2.03. The first kappa shape index (κ1) is 16.0. The number of nitro benzene ring substituents is 2. The van der Waals surface area contributed by atoms with Crippen LogP contribution < -0.4 is 0 Å². The molecule has 0 atom stereocenters. The van der Waals surface area contributed by atoms with Crippen LogP contribution in [-0.2, 0) is 0 Å². The number of nitro groups is 2. The second kappa shape index (κ2) is 6.32. The van der Waals surface area contributed by atoms with Crippen LogP contribution in [0.4, 0.5) is 22.7 Å². The van der Waals surface area contributed by atoms with Crippen LogP contribution in [0.2, 0.25) is 0 Å². The van der Waals surface area contributed by atoms with Crippen molar-refractivity contribution in [2.24, 2.45) is 10.2 Å². The molecule has 0 aliphatic heterocycles. The summed E-state index contributed by atoms with van der Waals surface area (Å²) in [6, 6.07) is 13.3. The van der Waals surface area contributed by atoms with Crippen LogP contribution in [0.1, 0.15) is 0 Å². The van der Waals surface area contributed by atoms with E-state index in [2.05, 4.69) is 10.2 Å². The Hall–Kier alpha value is -3.88. The van der Waals surface area contributed by atoms with E-state index in [0.29, 0.717) is 5.39 Å². The van der Waals surface area contributed by atoms with E-state index in [-0.39, 0.29) is 17.1 Å². The largest absolute Gasteiger partial charge is 0.506 e. The summed E-state index contributed by atoms with van der Waals surface area (Å²) in [7, 11) is 0. The highest BCUT2D eigenvalue weighted by Crippen LogP contribution is 2.38. The molecule has 0 aliphatic carbocycles. The number of phenolic OH excluding ortho intramolecular Hbond substituents is 1. The van der Waals surface area contributed by atoms with E-state index in [1.807, 2.05) is 12.1 Å². The second-order valence-corrected chi connectivity index (χ2v) is 5.04. The zero-order chi connectivity index (χ0) is 18.0. The van der Waals surface area contributed by atoms with Crippen LogP contribution in [0.15, 0.2) is 64.8 Å². The molecule has 3 aromatic rings. The summed E-state index contributed by atoms with van der Waals surface area (Å²) in [5, 5.41) is 41.0. The highest BCUT2D eigenvalue weighted by molar-refractivity contribution is 5.95. The highest BCUT2D eigenvalue weighted by Gasteiger charge is 2.19. The van der Waals surface area contributed by atoms with Crippen LogP contribution in [0.3, 0.4) is 0 Å². The number of fused-ring (bicyclic) bond motifs is 1. The number of nitrogens with zero attached hydrogens (tertiary/aromatic N) is 4. The van der Waals surface area contributed by atoms with Crippen molar-refractivity contribution in [1.29, 1.82) is 0 Å². The van der Waals surface area contributed by atoms with Gasteiger partial charge in [-0.3, -0.25) is 20.2 Å². The Bertz CT molecular complexity index is 1030. The third-order valence-corrected chi connectivity index (χ3v) is 3.50. The number of hydrogen-bond donors (Lipinski definition) is 1. The van der Waals surface area contributed by atoms with Gasteiger partial charge in [-0.15, -0.1) is 10.2 Å². The average Bonchev–Trinajstić information content (AvgIpc) is 2.60. The predicted octanol–water partition coefficient (Wildman–Crippen LogP) is 4.78. The average molecular weight is 338 g/mol. The minimum absolute atomic E-state index is 0.132. The summed E-state index contributed by atoms with van der Waals surface area (Å²) in [6.45, 7) is 0. The topological polar surface area (TPSA) is 131 Å². The van der Waals surface area contributed by atoms with Crippen molar-refractivity contribution in [2.75, 3.05) is 0 Å². The Labute approximate surface area is 140 Å². The third-order valence-electron chi connectivity index (χ3n) is 3.50. The van der Waals surface area contributed by atoms with E-state index in [9.17, 15) is 25.3 Å². The van der Waals surface area contributed by atoms with E-state index in [1.54, 1.807) is 18.2 Å². The molecule has 0 heterocycles. The number of hydrogen-bond acceptors (Lipinski definition) is 7. The molecule has 3 aromatic carbocycles. The molecule has 0 saturated heterocycles. The number of aromatic hydroxyl groups is 1. The fourth-order valence-electron chi connectivity index (χ4n) is 2.31. The van der Waals surface area contributed by atoms with E-state index in [0.717, 1.165) is 23.6 Å². The van der Waals surface area contributed by atoms with Crippen molar-refractivity contribution in [3.05, 3.63) is 74.8 Å². The van der Waals surface area contributed by atoms with Gasteiger partial charge in [0.1, 0.15) is 11.4 Å². The second-order valence-electron chi connectivity index (χ2n) is 5.04. The van der Waals surface area contributed by atoms with Gasteiger partial charge in [0.2, 0.25) is 0 Å². The normalized spacial score (nSPS) is 11.0. The maximum absolute atomic E-state index is 11.1. The van der Waals surface area contributed by atoms with E-state index in [1.165, 1.54) is 6.07 Å². The molecule has 0 aliphatic rings. The lowest BCUT2D eigenvalue weighted by molar-refractivity contribution is -0.393. The molecule has 9 heteroatoms. The van der Waals surface area contributed by atoms with Crippen molar-refractivity contribution < 1.29 is 15.0 Å². The minimum atomic E-state index is -0.774. The van der Waals surface area contributed by atoms with Crippen molar-refractivity contribution in [2.45, 2.75) is 0 Å². The zero-order valence-corrected chi connectivity index (χ0v) is 12.6. The molecule has 3 rings (SSSR count). The summed E-state index contributed by atoms with van der Waals surface area (Å²) in [5.74, 6) is -0.132. The van der Waals surface area contributed by atoms with Crippen LogP contribution in [0.25, 0.3) is 10.8 Å². The molecule has 9 nitrogen and oxygen atoms in total. The fourth-order valence-corrected chi connectivity index (χ4v) is 2.31. The van der Waals surface area contributed by atoms with Crippen molar-refractivity contribution in [3.8, 4) is 5.75 Å². The van der Waals surface area contributed by atoms with E-state index in [4.69, 9.17) is 0 Å². The first-order valence-electron chi connectivity index (χ1n) is 7.02. The van der Waals surface area contributed by atoms with Gasteiger partial charge >= 0.3 is 5.69 Å². The monoisotopic (exact) mass is 338 g/mol. The van der Waals surface area contributed by atoms with Crippen molar-refractivity contribution in [3.63, 3.8) is 0 Å². The Kier molecular flexibility index (Phi) is 4.04. The van der Waals surface area contributed by atoms with Gasteiger partial charge < -0.3 is 5.11 Å². The summed E-state index contributed by atoms with van der Waals surface area (Å²) in [6.07, 6.45) is 0. The molecular formula is C16H10N4O5. The Morgan fingerprint density at radius 1 is 0.880 bits per heavy atom. The maximum Gasteiger partial charge on any atom is 0.303 e. The van der Waals surface area contributed by atoms with Gasteiger partial charge in [-0.25, -0.2) is 0 Å². The number of azo groups is 1. The predicted molar refractivity (Wildman–Crippen MR) is 89.5 cm³/mol. The summed E-state index contributed by atoms with van der Waals surface area (Å²) >= 11 is 0. The molecule has 0 aromatic heterocycles. The molecule has 124 valence electrons. The van der Waals surface area contributed by atoms with E-state index < -0.39 is 21.2 Å². The van der Waals surface area contributed by atoms with Gasteiger partial charge in [0, 0.05) is 11.5 Å². The van der Waals surface area contributed by atoms with Crippen LogP contribution in [0.5, 0.6) is 5.75 Å². The molecule has 0 fully saturated rings.